The van der Waals surface area contributed by atoms with Crippen LogP contribution < -0.4 is 0 Å². The Morgan fingerprint density at radius 1 is 1.42 bits per heavy atom. The third-order valence-corrected chi connectivity index (χ3v) is 2.12. The van der Waals surface area contributed by atoms with E-state index in [0.717, 1.165) is 17.8 Å². The summed E-state index contributed by atoms with van der Waals surface area (Å²) < 4.78 is 0. The largest absolute Gasteiger partial charge is 0.288 e. The Bertz CT molecular complexity index is 329. The first-order chi connectivity index (χ1) is 5.75. The predicted octanol–water partition coefficient (Wildman–Crippen LogP) is 1.75. The second kappa shape index (κ2) is 2.70. The second-order valence-electron chi connectivity index (χ2n) is 3.33. The van der Waals surface area contributed by atoms with Gasteiger partial charge in [-0.05, 0) is 31.9 Å². The van der Waals surface area contributed by atoms with Crippen LogP contribution in [0.1, 0.15) is 23.9 Å². The summed E-state index contributed by atoms with van der Waals surface area (Å²) >= 11 is 0. The van der Waals surface area contributed by atoms with Gasteiger partial charge in [0.2, 0.25) is 0 Å². The van der Waals surface area contributed by atoms with Gasteiger partial charge in [-0.25, -0.2) is 0 Å². The summed E-state index contributed by atoms with van der Waals surface area (Å²) in [6.07, 6.45) is 2.91. The molecule has 0 N–H and O–H groups in total. The molecular weight excluding hydrogens is 148 g/mol. The van der Waals surface area contributed by atoms with Crippen LogP contribution in [0.2, 0.25) is 0 Å². The van der Waals surface area contributed by atoms with Crippen LogP contribution in [-0.2, 0) is 6.42 Å². The highest BCUT2D eigenvalue weighted by Crippen LogP contribution is 2.14. The highest BCUT2D eigenvalue weighted by molar-refractivity contribution is 5.80. The number of hydrogen-bond donors (Lipinski definition) is 0. The standard InChI is InChI=1S/C10H12N2/c1-7-3-4-9-5-8(2)11-6-10(9)12-7/h3-4,6,8H,5H2,1-2H3/t8-/m1/s1. The van der Waals surface area contributed by atoms with Crippen molar-refractivity contribution in [2.75, 3.05) is 0 Å². The topological polar surface area (TPSA) is 25.2 Å². The van der Waals surface area contributed by atoms with Gasteiger partial charge in [0, 0.05) is 11.9 Å². The van der Waals surface area contributed by atoms with Gasteiger partial charge >= 0.3 is 0 Å². The molecule has 62 valence electrons. The Balaban J connectivity index is 2.47. The van der Waals surface area contributed by atoms with Crippen molar-refractivity contribution in [1.82, 2.24) is 4.98 Å². The van der Waals surface area contributed by atoms with Crippen LogP contribution in [0.15, 0.2) is 17.1 Å². The molecule has 1 aliphatic heterocycles. The van der Waals surface area contributed by atoms with Crippen molar-refractivity contribution in [1.29, 1.82) is 0 Å². The van der Waals surface area contributed by atoms with Crippen LogP contribution in [0.4, 0.5) is 0 Å². The normalized spacial score (nSPS) is 20.7. The maximum atomic E-state index is 4.40. The molecule has 0 spiro atoms. The third kappa shape index (κ3) is 1.24. The summed E-state index contributed by atoms with van der Waals surface area (Å²) in [6.45, 7) is 4.13. The first-order valence-electron chi connectivity index (χ1n) is 4.25. The summed E-state index contributed by atoms with van der Waals surface area (Å²) in [5.74, 6) is 0. The van der Waals surface area contributed by atoms with E-state index in [1.54, 1.807) is 0 Å². The Kier molecular flexibility index (Phi) is 1.68. The lowest BCUT2D eigenvalue weighted by atomic mass is 10.0. The third-order valence-electron chi connectivity index (χ3n) is 2.12. The zero-order valence-corrected chi connectivity index (χ0v) is 7.41. The van der Waals surface area contributed by atoms with Gasteiger partial charge in [-0.2, -0.15) is 0 Å². The van der Waals surface area contributed by atoms with Gasteiger partial charge in [-0.15, -0.1) is 0 Å². The monoisotopic (exact) mass is 160 g/mol. The van der Waals surface area contributed by atoms with Crippen LogP contribution in [0.3, 0.4) is 0 Å². The molecule has 0 saturated carbocycles. The highest BCUT2D eigenvalue weighted by Gasteiger charge is 2.11. The molecule has 2 rings (SSSR count). The van der Waals surface area contributed by atoms with E-state index >= 15 is 0 Å². The van der Waals surface area contributed by atoms with Crippen molar-refractivity contribution in [2.45, 2.75) is 26.3 Å². The Morgan fingerprint density at radius 2 is 2.25 bits per heavy atom. The van der Waals surface area contributed by atoms with E-state index in [4.69, 9.17) is 0 Å². The summed E-state index contributed by atoms with van der Waals surface area (Å²) in [5, 5.41) is 0. The van der Waals surface area contributed by atoms with Crippen molar-refractivity contribution in [2.24, 2.45) is 4.99 Å². The summed E-state index contributed by atoms with van der Waals surface area (Å²) in [5.41, 5.74) is 3.44. The minimum absolute atomic E-state index is 0.419. The molecule has 1 aliphatic rings. The van der Waals surface area contributed by atoms with E-state index in [2.05, 4.69) is 29.0 Å². The predicted molar refractivity (Wildman–Crippen MR) is 49.7 cm³/mol. The molecule has 2 heteroatoms. The molecule has 0 bridgehead atoms. The average Bonchev–Trinajstić information content (AvgIpc) is 2.05. The van der Waals surface area contributed by atoms with Gasteiger partial charge in [0.25, 0.3) is 0 Å². The number of aryl methyl sites for hydroxylation is 1. The van der Waals surface area contributed by atoms with Crippen LogP contribution in [0.5, 0.6) is 0 Å². The lowest BCUT2D eigenvalue weighted by Gasteiger charge is -2.14. The molecule has 0 unspecified atom stereocenters. The Hall–Kier alpha value is -1.18. The highest BCUT2D eigenvalue weighted by atomic mass is 14.8. The van der Waals surface area contributed by atoms with E-state index < -0.39 is 0 Å². The van der Waals surface area contributed by atoms with Gasteiger partial charge in [-0.3, -0.25) is 9.98 Å². The number of hydrogen-bond acceptors (Lipinski definition) is 2. The van der Waals surface area contributed by atoms with E-state index in [9.17, 15) is 0 Å². The molecule has 12 heavy (non-hydrogen) atoms. The molecule has 0 radical (unpaired) electrons. The first kappa shape index (κ1) is 7.47. The molecule has 2 nitrogen and oxygen atoms in total. The van der Waals surface area contributed by atoms with E-state index in [1.807, 2.05) is 13.1 Å². The smallest absolute Gasteiger partial charge is 0.0843 e. The number of aromatic nitrogens is 1. The molecule has 0 saturated heterocycles. The molecule has 0 fully saturated rings. The molecule has 0 aromatic carbocycles. The van der Waals surface area contributed by atoms with Crippen LogP contribution in [0, 0.1) is 6.92 Å². The maximum absolute atomic E-state index is 4.40. The van der Waals surface area contributed by atoms with Crippen LogP contribution >= 0.6 is 0 Å². The number of aliphatic imine (C=N–C) groups is 1. The summed E-state index contributed by atoms with van der Waals surface area (Å²) in [6, 6.07) is 4.63. The zero-order valence-electron chi connectivity index (χ0n) is 7.41. The lowest BCUT2D eigenvalue weighted by molar-refractivity contribution is 0.726. The Morgan fingerprint density at radius 3 is 3.08 bits per heavy atom. The van der Waals surface area contributed by atoms with E-state index in [-0.39, 0.29) is 0 Å². The fraction of sp³-hybridized carbons (Fsp3) is 0.400. The van der Waals surface area contributed by atoms with Crippen molar-refractivity contribution >= 4 is 6.21 Å². The number of pyridine rings is 1. The van der Waals surface area contributed by atoms with Gasteiger partial charge in [0.05, 0.1) is 11.7 Å². The molecule has 1 atom stereocenters. The van der Waals surface area contributed by atoms with Gasteiger partial charge in [0.15, 0.2) is 0 Å². The van der Waals surface area contributed by atoms with Crippen LogP contribution in [0.25, 0.3) is 0 Å². The summed E-state index contributed by atoms with van der Waals surface area (Å²) in [7, 11) is 0. The van der Waals surface area contributed by atoms with Gasteiger partial charge in [-0.1, -0.05) is 6.07 Å². The zero-order chi connectivity index (χ0) is 8.55. The number of nitrogens with zero attached hydrogens (tertiary/aromatic N) is 2. The molecule has 1 aromatic rings. The second-order valence-corrected chi connectivity index (χ2v) is 3.33. The first-order valence-corrected chi connectivity index (χ1v) is 4.25. The minimum atomic E-state index is 0.419. The van der Waals surface area contributed by atoms with E-state index in [1.165, 1.54) is 5.56 Å². The van der Waals surface area contributed by atoms with Gasteiger partial charge in [0.1, 0.15) is 0 Å². The van der Waals surface area contributed by atoms with Crippen molar-refractivity contribution in [3.63, 3.8) is 0 Å². The average molecular weight is 160 g/mol. The van der Waals surface area contributed by atoms with E-state index in [0.29, 0.717) is 6.04 Å². The SMILES string of the molecule is Cc1ccc2c(n1)C=N[C@H](C)C2. The maximum Gasteiger partial charge on any atom is 0.0843 e. The molecule has 1 aromatic heterocycles. The fourth-order valence-electron chi connectivity index (χ4n) is 1.46. The minimum Gasteiger partial charge on any atom is -0.288 e. The number of rotatable bonds is 0. The molecule has 2 heterocycles. The molecule has 0 amide bonds. The fourth-order valence-corrected chi connectivity index (χ4v) is 1.46. The van der Waals surface area contributed by atoms with Crippen LogP contribution in [-0.4, -0.2) is 17.2 Å². The van der Waals surface area contributed by atoms with Crippen molar-refractivity contribution in [3.05, 3.63) is 29.1 Å². The Labute approximate surface area is 72.4 Å². The lowest BCUT2D eigenvalue weighted by Crippen LogP contribution is -2.13. The number of fused-ring (bicyclic) bond motifs is 1. The van der Waals surface area contributed by atoms with Crippen molar-refractivity contribution < 1.29 is 0 Å². The van der Waals surface area contributed by atoms with Gasteiger partial charge < -0.3 is 0 Å². The van der Waals surface area contributed by atoms with Crippen molar-refractivity contribution in [3.8, 4) is 0 Å². The summed E-state index contributed by atoms with van der Waals surface area (Å²) in [4.78, 5) is 8.72. The molecule has 0 aliphatic carbocycles. The quantitative estimate of drug-likeness (QED) is 0.567. The molecular formula is C10H12N2.